The molecule has 0 radical (unpaired) electrons. The van der Waals surface area contributed by atoms with E-state index in [-0.39, 0.29) is 10.9 Å². The smallest absolute Gasteiger partial charge is 0.405 e. The Morgan fingerprint density at radius 2 is 1.93 bits per heavy atom. The molecule has 0 saturated heterocycles. The highest BCUT2D eigenvalue weighted by Crippen LogP contribution is 2.29. The van der Waals surface area contributed by atoms with E-state index in [1.165, 1.54) is 0 Å². The van der Waals surface area contributed by atoms with Gasteiger partial charge in [0.05, 0.1) is 0 Å². The van der Waals surface area contributed by atoms with Crippen LogP contribution in [0, 0.1) is 5.82 Å². The lowest BCUT2D eigenvalue weighted by Gasteiger charge is -2.12. The molecule has 14 heavy (non-hydrogen) atoms. The molecular formula is C8H5BrF4O. The molecule has 0 atom stereocenters. The molecule has 1 nitrogen and oxygen atoms in total. The van der Waals surface area contributed by atoms with Gasteiger partial charge in [-0.05, 0) is 12.1 Å². The number of rotatable bonds is 2. The lowest BCUT2D eigenvalue weighted by atomic mass is 10.2. The Hall–Kier alpha value is -0.780. The molecule has 0 saturated carbocycles. The summed E-state index contributed by atoms with van der Waals surface area (Å²) in [6.45, 7) is 0. The zero-order valence-electron chi connectivity index (χ0n) is 6.74. The maximum Gasteiger partial charge on any atom is 0.573 e. The first-order chi connectivity index (χ1) is 6.44. The van der Waals surface area contributed by atoms with E-state index >= 15 is 0 Å². The number of hydrogen-bond donors (Lipinski definition) is 0. The average Bonchev–Trinajstić information content (AvgIpc) is 2.01. The molecule has 0 unspecified atom stereocenters. The molecule has 0 heterocycles. The van der Waals surface area contributed by atoms with Crippen LogP contribution in [0.2, 0.25) is 0 Å². The summed E-state index contributed by atoms with van der Waals surface area (Å²) in [5, 5.41) is -0.0366. The molecule has 1 aromatic rings. The number of hydrogen-bond acceptors (Lipinski definition) is 1. The van der Waals surface area contributed by atoms with Crippen LogP contribution >= 0.6 is 15.9 Å². The van der Waals surface area contributed by atoms with Crippen molar-refractivity contribution in [2.75, 3.05) is 0 Å². The molecule has 0 aliphatic rings. The van der Waals surface area contributed by atoms with Crippen molar-refractivity contribution in [1.82, 2.24) is 0 Å². The molecule has 0 amide bonds. The van der Waals surface area contributed by atoms with Crippen LogP contribution in [0.5, 0.6) is 5.75 Å². The maximum absolute atomic E-state index is 12.9. The Bertz CT molecular complexity index is 324. The van der Waals surface area contributed by atoms with Crippen LogP contribution in [-0.2, 0) is 5.33 Å². The summed E-state index contributed by atoms with van der Waals surface area (Å²) in [6, 6.07) is 3.29. The summed E-state index contributed by atoms with van der Waals surface area (Å²) in [5.74, 6) is -1.25. The SMILES string of the molecule is Fc1cccc(OC(F)(F)F)c1CBr. The molecule has 0 fully saturated rings. The summed E-state index contributed by atoms with van der Waals surface area (Å²) >= 11 is 2.88. The minimum absolute atomic E-state index is 0.0366. The predicted molar refractivity (Wildman–Crippen MR) is 45.7 cm³/mol. The standard InChI is InChI=1S/C8H5BrF4O/c9-4-5-6(10)2-1-3-7(5)14-8(11,12)13/h1-3H,4H2. The highest BCUT2D eigenvalue weighted by Gasteiger charge is 2.32. The summed E-state index contributed by atoms with van der Waals surface area (Å²) in [6.07, 6.45) is -4.80. The van der Waals surface area contributed by atoms with Crippen LogP contribution < -0.4 is 4.74 Å². The molecule has 0 bridgehead atoms. The third-order valence-electron chi connectivity index (χ3n) is 1.44. The largest absolute Gasteiger partial charge is 0.573 e. The first-order valence-electron chi connectivity index (χ1n) is 3.53. The third kappa shape index (κ3) is 2.87. The summed E-state index contributed by atoms with van der Waals surface area (Å²) in [5.41, 5.74) is -0.148. The third-order valence-corrected chi connectivity index (χ3v) is 2.00. The van der Waals surface area contributed by atoms with Gasteiger partial charge in [0.1, 0.15) is 11.6 Å². The van der Waals surface area contributed by atoms with E-state index in [0.29, 0.717) is 0 Å². The van der Waals surface area contributed by atoms with Crippen LogP contribution in [-0.4, -0.2) is 6.36 Å². The van der Waals surface area contributed by atoms with Crippen LogP contribution in [0.25, 0.3) is 0 Å². The molecular weight excluding hydrogens is 268 g/mol. The van der Waals surface area contributed by atoms with Crippen LogP contribution in [0.15, 0.2) is 18.2 Å². The summed E-state index contributed by atoms with van der Waals surface area (Å²) in [7, 11) is 0. The van der Waals surface area contributed by atoms with Crippen molar-refractivity contribution in [2.24, 2.45) is 0 Å². The van der Waals surface area contributed by atoms with E-state index in [1.807, 2.05) is 0 Å². The number of ether oxygens (including phenoxy) is 1. The minimum atomic E-state index is -4.80. The van der Waals surface area contributed by atoms with E-state index < -0.39 is 17.9 Å². The van der Waals surface area contributed by atoms with E-state index in [4.69, 9.17) is 0 Å². The molecule has 1 rings (SSSR count). The molecule has 78 valence electrons. The van der Waals surface area contributed by atoms with Gasteiger partial charge in [0, 0.05) is 10.9 Å². The molecule has 0 N–H and O–H groups in total. The highest BCUT2D eigenvalue weighted by molar-refractivity contribution is 9.08. The van der Waals surface area contributed by atoms with Gasteiger partial charge < -0.3 is 4.74 Å². The average molecular weight is 273 g/mol. The molecule has 0 aliphatic heterocycles. The lowest BCUT2D eigenvalue weighted by molar-refractivity contribution is -0.274. The Kier molecular flexibility index (Phi) is 3.36. The van der Waals surface area contributed by atoms with Gasteiger partial charge in [0.2, 0.25) is 0 Å². The molecule has 1 aromatic carbocycles. The van der Waals surface area contributed by atoms with E-state index in [1.54, 1.807) is 0 Å². The van der Waals surface area contributed by atoms with Crippen LogP contribution in [0.3, 0.4) is 0 Å². The van der Waals surface area contributed by atoms with Crippen molar-refractivity contribution < 1.29 is 22.3 Å². The zero-order valence-corrected chi connectivity index (χ0v) is 8.32. The van der Waals surface area contributed by atoms with Gasteiger partial charge >= 0.3 is 6.36 Å². The Balaban J connectivity index is 3.02. The van der Waals surface area contributed by atoms with Crippen molar-refractivity contribution in [1.29, 1.82) is 0 Å². The fourth-order valence-corrected chi connectivity index (χ4v) is 1.43. The minimum Gasteiger partial charge on any atom is -0.405 e. The topological polar surface area (TPSA) is 9.23 Å². The predicted octanol–water partition coefficient (Wildman–Crippen LogP) is 3.62. The summed E-state index contributed by atoms with van der Waals surface area (Å²) < 4.78 is 52.1. The van der Waals surface area contributed by atoms with Gasteiger partial charge in [-0.1, -0.05) is 22.0 Å². The van der Waals surface area contributed by atoms with Gasteiger partial charge in [-0.3, -0.25) is 0 Å². The van der Waals surface area contributed by atoms with E-state index in [9.17, 15) is 17.6 Å². The highest BCUT2D eigenvalue weighted by atomic mass is 79.9. The van der Waals surface area contributed by atoms with Gasteiger partial charge in [-0.25, -0.2) is 4.39 Å². The first kappa shape index (κ1) is 11.3. The van der Waals surface area contributed by atoms with Gasteiger partial charge in [-0.2, -0.15) is 0 Å². The van der Waals surface area contributed by atoms with Crippen molar-refractivity contribution in [3.8, 4) is 5.75 Å². The molecule has 0 spiro atoms. The van der Waals surface area contributed by atoms with E-state index in [0.717, 1.165) is 18.2 Å². The second-order valence-corrected chi connectivity index (χ2v) is 2.96. The van der Waals surface area contributed by atoms with Crippen molar-refractivity contribution in [3.05, 3.63) is 29.6 Å². The van der Waals surface area contributed by atoms with Crippen molar-refractivity contribution >= 4 is 15.9 Å². The molecule has 6 heteroatoms. The monoisotopic (exact) mass is 272 g/mol. The number of halogens is 5. The first-order valence-corrected chi connectivity index (χ1v) is 4.65. The fraction of sp³-hybridized carbons (Fsp3) is 0.250. The van der Waals surface area contributed by atoms with Gasteiger partial charge in [-0.15, -0.1) is 13.2 Å². The zero-order chi connectivity index (χ0) is 10.8. The second kappa shape index (κ2) is 4.16. The fourth-order valence-electron chi connectivity index (χ4n) is 0.889. The number of alkyl halides is 4. The lowest BCUT2D eigenvalue weighted by Crippen LogP contribution is -2.18. The van der Waals surface area contributed by atoms with Crippen molar-refractivity contribution in [2.45, 2.75) is 11.7 Å². The number of benzene rings is 1. The normalized spacial score (nSPS) is 11.5. The Morgan fingerprint density at radius 3 is 2.43 bits per heavy atom. The van der Waals surface area contributed by atoms with Crippen LogP contribution in [0.4, 0.5) is 17.6 Å². The van der Waals surface area contributed by atoms with Crippen molar-refractivity contribution in [3.63, 3.8) is 0 Å². The van der Waals surface area contributed by atoms with Crippen LogP contribution in [0.1, 0.15) is 5.56 Å². The quantitative estimate of drug-likeness (QED) is 0.590. The van der Waals surface area contributed by atoms with E-state index in [2.05, 4.69) is 20.7 Å². The Morgan fingerprint density at radius 1 is 1.29 bits per heavy atom. The molecule has 0 aliphatic carbocycles. The molecule has 0 aromatic heterocycles. The maximum atomic E-state index is 12.9. The summed E-state index contributed by atoms with van der Waals surface area (Å²) in [4.78, 5) is 0. The van der Waals surface area contributed by atoms with Gasteiger partial charge in [0.15, 0.2) is 0 Å². The second-order valence-electron chi connectivity index (χ2n) is 2.40. The Labute approximate surface area is 85.8 Å². The van der Waals surface area contributed by atoms with Gasteiger partial charge in [0.25, 0.3) is 0 Å².